The molecule has 0 aromatic heterocycles. The second kappa shape index (κ2) is 9.58. The number of benzene rings is 3. The van der Waals surface area contributed by atoms with Gasteiger partial charge in [0.05, 0.1) is 36.8 Å². The van der Waals surface area contributed by atoms with Gasteiger partial charge in [-0.15, -0.1) is 0 Å². The molecule has 2 fully saturated rings. The zero-order valence-corrected chi connectivity index (χ0v) is 18.5. The van der Waals surface area contributed by atoms with Crippen molar-refractivity contribution in [2.75, 3.05) is 32.8 Å². The maximum Gasteiger partial charge on any atom is 0.228 e. The Morgan fingerprint density at radius 1 is 0.970 bits per heavy atom. The fraction of sp³-hybridized carbons (Fsp3) is 0.286. The first-order valence-electron chi connectivity index (χ1n) is 11.5. The normalized spacial score (nSPS) is 22.6. The molecule has 3 aromatic carbocycles. The Morgan fingerprint density at radius 3 is 2.52 bits per heavy atom. The molecule has 5 nitrogen and oxygen atoms in total. The predicted molar refractivity (Wildman–Crippen MR) is 127 cm³/mol. The van der Waals surface area contributed by atoms with Crippen molar-refractivity contribution in [3.8, 4) is 17.2 Å². The number of carbonyl (C=O) groups excluding carboxylic acids is 1. The van der Waals surface area contributed by atoms with Gasteiger partial charge in [0.1, 0.15) is 0 Å². The summed E-state index contributed by atoms with van der Waals surface area (Å²) < 4.78 is 5.75. The van der Waals surface area contributed by atoms with Crippen LogP contribution in [0.4, 0.5) is 0 Å². The molecule has 0 saturated carbocycles. The Bertz CT molecular complexity index is 1150. The first-order valence-corrected chi connectivity index (χ1v) is 11.5. The average molecular weight is 438 g/mol. The number of morpholine rings is 1. The van der Waals surface area contributed by atoms with Crippen molar-refractivity contribution in [2.45, 2.75) is 12.0 Å². The van der Waals surface area contributed by atoms with Crippen LogP contribution >= 0.6 is 0 Å². The first-order chi connectivity index (χ1) is 16.3. The van der Waals surface area contributed by atoms with Crippen molar-refractivity contribution in [1.82, 2.24) is 10.2 Å². The second-order valence-corrected chi connectivity index (χ2v) is 8.68. The van der Waals surface area contributed by atoms with Gasteiger partial charge in [-0.25, -0.2) is 0 Å². The molecular formula is C28H27N3O2. The van der Waals surface area contributed by atoms with Gasteiger partial charge in [-0.1, -0.05) is 66.7 Å². The Labute approximate surface area is 194 Å². The van der Waals surface area contributed by atoms with Crippen molar-refractivity contribution in [3.63, 3.8) is 0 Å². The van der Waals surface area contributed by atoms with E-state index in [0.717, 1.165) is 23.2 Å². The van der Waals surface area contributed by atoms with Crippen LogP contribution in [-0.2, 0) is 9.53 Å². The summed E-state index contributed by atoms with van der Waals surface area (Å²) in [5.41, 5.74) is 5.12. The van der Waals surface area contributed by atoms with Crippen LogP contribution in [0.2, 0.25) is 0 Å². The van der Waals surface area contributed by atoms with Gasteiger partial charge in [-0.3, -0.25) is 4.79 Å². The molecule has 33 heavy (non-hydrogen) atoms. The minimum absolute atomic E-state index is 0.0533. The highest BCUT2D eigenvalue weighted by Crippen LogP contribution is 2.38. The van der Waals surface area contributed by atoms with Crippen LogP contribution in [0.3, 0.4) is 0 Å². The third kappa shape index (κ3) is 4.28. The summed E-state index contributed by atoms with van der Waals surface area (Å²) in [6.07, 6.45) is 0. The Kier molecular flexibility index (Phi) is 6.21. The van der Waals surface area contributed by atoms with E-state index >= 15 is 0 Å². The van der Waals surface area contributed by atoms with E-state index in [2.05, 4.69) is 35.7 Å². The van der Waals surface area contributed by atoms with Crippen LogP contribution in [0.1, 0.15) is 28.7 Å². The second-order valence-electron chi connectivity index (χ2n) is 8.68. The monoisotopic (exact) mass is 437 g/mol. The lowest BCUT2D eigenvalue weighted by Gasteiger charge is -2.38. The van der Waals surface area contributed by atoms with Gasteiger partial charge in [0.25, 0.3) is 0 Å². The van der Waals surface area contributed by atoms with Crippen LogP contribution in [0, 0.1) is 17.2 Å². The molecule has 2 heterocycles. The molecule has 2 aliphatic rings. The Morgan fingerprint density at radius 2 is 1.73 bits per heavy atom. The molecule has 0 aliphatic carbocycles. The quantitative estimate of drug-likeness (QED) is 0.667. The SMILES string of the molecule is N#Cc1ccc(-c2ccccc2[C@@H]2CNC[C@H]2C(=O)N2CCOC[C@@H]2c2ccccc2)cc1. The number of carbonyl (C=O) groups is 1. The molecule has 0 bridgehead atoms. The molecule has 0 spiro atoms. The minimum atomic E-state index is -0.131. The van der Waals surface area contributed by atoms with E-state index in [-0.39, 0.29) is 23.8 Å². The molecule has 1 N–H and O–H groups in total. The highest BCUT2D eigenvalue weighted by molar-refractivity contribution is 5.82. The molecule has 0 unspecified atom stereocenters. The van der Waals surface area contributed by atoms with Gasteiger partial charge in [0.15, 0.2) is 0 Å². The first kappa shape index (κ1) is 21.4. The van der Waals surface area contributed by atoms with Gasteiger partial charge >= 0.3 is 0 Å². The lowest BCUT2D eigenvalue weighted by Crippen LogP contribution is -2.47. The summed E-state index contributed by atoms with van der Waals surface area (Å²) >= 11 is 0. The summed E-state index contributed by atoms with van der Waals surface area (Å²) in [4.78, 5) is 15.9. The molecule has 3 atom stereocenters. The zero-order valence-electron chi connectivity index (χ0n) is 18.5. The largest absolute Gasteiger partial charge is 0.377 e. The molecule has 5 rings (SSSR count). The standard InChI is InChI=1S/C28H27N3O2/c29-16-20-10-12-21(13-11-20)23-8-4-5-9-24(23)25-17-30-18-26(25)28(32)31-14-15-33-19-27(31)22-6-2-1-3-7-22/h1-13,25-27,30H,14-15,17-19H2/t25-,26+,27+/m0/s1. The summed E-state index contributed by atoms with van der Waals surface area (Å²) in [5, 5.41) is 12.6. The molecule has 0 radical (unpaired) electrons. The number of nitrogens with zero attached hydrogens (tertiary/aromatic N) is 2. The molecule has 2 aliphatic heterocycles. The lowest BCUT2D eigenvalue weighted by molar-refractivity contribution is -0.144. The van der Waals surface area contributed by atoms with Gasteiger partial charge in [0.2, 0.25) is 5.91 Å². The topological polar surface area (TPSA) is 65.4 Å². The van der Waals surface area contributed by atoms with Crippen molar-refractivity contribution in [2.24, 2.45) is 5.92 Å². The average Bonchev–Trinajstić information content (AvgIpc) is 3.39. The van der Waals surface area contributed by atoms with Crippen molar-refractivity contribution in [3.05, 3.63) is 95.6 Å². The van der Waals surface area contributed by atoms with Gasteiger partial charge in [-0.2, -0.15) is 5.26 Å². The Hall–Kier alpha value is -3.46. The lowest BCUT2D eigenvalue weighted by atomic mass is 9.83. The highest BCUT2D eigenvalue weighted by atomic mass is 16.5. The van der Waals surface area contributed by atoms with Gasteiger partial charge in [-0.05, 0) is 34.4 Å². The summed E-state index contributed by atoms with van der Waals surface area (Å²) in [5.74, 6) is 0.147. The summed E-state index contributed by atoms with van der Waals surface area (Å²) in [7, 11) is 0. The number of ether oxygens (including phenoxy) is 1. The van der Waals surface area contributed by atoms with Gasteiger partial charge < -0.3 is 15.0 Å². The van der Waals surface area contributed by atoms with E-state index in [1.165, 1.54) is 5.56 Å². The van der Waals surface area contributed by atoms with Gasteiger partial charge in [0, 0.05) is 25.6 Å². The van der Waals surface area contributed by atoms with E-state index in [0.29, 0.717) is 31.9 Å². The third-order valence-corrected chi connectivity index (χ3v) is 6.81. The van der Waals surface area contributed by atoms with E-state index in [9.17, 15) is 4.79 Å². The van der Waals surface area contributed by atoms with E-state index < -0.39 is 0 Å². The highest BCUT2D eigenvalue weighted by Gasteiger charge is 2.40. The molecule has 166 valence electrons. The molecule has 3 aromatic rings. The zero-order chi connectivity index (χ0) is 22.6. The fourth-order valence-electron chi connectivity index (χ4n) is 5.10. The molecule has 5 heteroatoms. The van der Waals surface area contributed by atoms with E-state index in [1.54, 1.807) is 0 Å². The molecule has 2 saturated heterocycles. The number of rotatable bonds is 4. The van der Waals surface area contributed by atoms with Crippen molar-refractivity contribution < 1.29 is 9.53 Å². The smallest absolute Gasteiger partial charge is 0.228 e. The van der Waals surface area contributed by atoms with Crippen LogP contribution in [0.25, 0.3) is 11.1 Å². The maximum absolute atomic E-state index is 13.9. The van der Waals surface area contributed by atoms with Crippen LogP contribution in [-0.4, -0.2) is 43.7 Å². The number of nitrogens with one attached hydrogen (secondary N) is 1. The van der Waals surface area contributed by atoms with E-state index in [1.807, 2.05) is 59.5 Å². The predicted octanol–water partition coefficient (Wildman–Crippen LogP) is 4.13. The van der Waals surface area contributed by atoms with E-state index in [4.69, 9.17) is 10.00 Å². The van der Waals surface area contributed by atoms with Crippen LogP contribution in [0.15, 0.2) is 78.9 Å². The maximum atomic E-state index is 13.9. The Balaban J connectivity index is 1.45. The number of nitriles is 1. The van der Waals surface area contributed by atoms with Crippen molar-refractivity contribution in [1.29, 1.82) is 5.26 Å². The summed E-state index contributed by atoms with van der Waals surface area (Å²) in [6.45, 7) is 3.15. The molecule has 1 amide bonds. The number of hydrogen-bond donors (Lipinski definition) is 1. The van der Waals surface area contributed by atoms with Crippen LogP contribution in [0.5, 0.6) is 0 Å². The minimum Gasteiger partial charge on any atom is -0.377 e. The van der Waals surface area contributed by atoms with Crippen LogP contribution < -0.4 is 5.32 Å². The number of hydrogen-bond acceptors (Lipinski definition) is 4. The summed E-state index contributed by atoms with van der Waals surface area (Å²) in [6, 6.07) is 28.3. The number of amides is 1. The fourth-order valence-corrected chi connectivity index (χ4v) is 5.10. The third-order valence-electron chi connectivity index (χ3n) is 6.81. The molecular weight excluding hydrogens is 410 g/mol. The van der Waals surface area contributed by atoms with Crippen molar-refractivity contribution >= 4 is 5.91 Å².